The molecule has 0 saturated carbocycles. The number of hydrogen-bond acceptors (Lipinski definition) is 5. The lowest BCUT2D eigenvalue weighted by atomic mass is 10.1. The van der Waals surface area contributed by atoms with Crippen LogP contribution in [0.4, 0.5) is 11.8 Å². The number of amides is 1. The molecule has 120 valence electrons. The van der Waals surface area contributed by atoms with Crippen molar-refractivity contribution in [2.75, 3.05) is 23.9 Å². The molecular formula is C17H20N4O2. The Bertz CT molecular complexity index is 730. The van der Waals surface area contributed by atoms with Crippen LogP contribution < -0.4 is 15.0 Å². The van der Waals surface area contributed by atoms with E-state index in [1.165, 1.54) is 4.90 Å². The normalized spacial score (nSPS) is 12.7. The molecule has 1 N–H and O–H groups in total. The fraction of sp³-hybridized carbons (Fsp3) is 0.353. The molecule has 0 unspecified atom stereocenters. The van der Waals surface area contributed by atoms with Crippen LogP contribution in [0.25, 0.3) is 0 Å². The first-order chi connectivity index (χ1) is 11.0. The summed E-state index contributed by atoms with van der Waals surface area (Å²) in [6.45, 7) is 4.70. The number of carbonyl (C=O) groups excluding carboxylic acids is 1. The second-order valence-electron chi connectivity index (χ2n) is 5.82. The largest absolute Gasteiger partial charge is 0.493 e. The molecule has 1 aromatic heterocycles. The van der Waals surface area contributed by atoms with Crippen LogP contribution in [0.1, 0.15) is 29.8 Å². The lowest BCUT2D eigenvalue weighted by Crippen LogP contribution is -2.27. The van der Waals surface area contributed by atoms with E-state index in [4.69, 9.17) is 4.74 Å². The van der Waals surface area contributed by atoms with E-state index in [2.05, 4.69) is 15.3 Å². The van der Waals surface area contributed by atoms with Crippen molar-refractivity contribution in [2.45, 2.75) is 26.3 Å². The molecule has 6 nitrogen and oxygen atoms in total. The van der Waals surface area contributed by atoms with Gasteiger partial charge in [-0.05, 0) is 43.7 Å². The van der Waals surface area contributed by atoms with Crippen molar-refractivity contribution < 1.29 is 9.53 Å². The smallest absolute Gasteiger partial charge is 0.259 e. The van der Waals surface area contributed by atoms with Crippen LogP contribution >= 0.6 is 0 Å². The van der Waals surface area contributed by atoms with E-state index < -0.39 is 0 Å². The zero-order valence-corrected chi connectivity index (χ0v) is 13.5. The van der Waals surface area contributed by atoms with E-state index >= 15 is 0 Å². The molecule has 1 aliphatic rings. The number of nitrogens with one attached hydrogen (secondary N) is 1. The third kappa shape index (κ3) is 3.26. The molecule has 6 heteroatoms. The van der Waals surface area contributed by atoms with E-state index in [0.717, 1.165) is 17.7 Å². The molecule has 1 amide bonds. The van der Waals surface area contributed by atoms with Gasteiger partial charge < -0.3 is 10.1 Å². The first kappa shape index (κ1) is 15.3. The maximum Gasteiger partial charge on any atom is 0.259 e. The predicted octanol–water partition coefficient (Wildman–Crippen LogP) is 2.51. The molecule has 3 rings (SSSR count). The molecule has 2 aromatic rings. The summed E-state index contributed by atoms with van der Waals surface area (Å²) in [5.74, 6) is 1.84. The summed E-state index contributed by atoms with van der Waals surface area (Å²) >= 11 is 0. The first-order valence-electron chi connectivity index (χ1n) is 7.68. The minimum atomic E-state index is -0.103. The third-order valence-electron chi connectivity index (χ3n) is 3.64. The summed E-state index contributed by atoms with van der Waals surface area (Å²) in [6.07, 6.45) is 2.49. The van der Waals surface area contributed by atoms with E-state index in [0.29, 0.717) is 23.9 Å². The molecule has 2 heterocycles. The van der Waals surface area contributed by atoms with Crippen molar-refractivity contribution >= 4 is 17.7 Å². The molecular weight excluding hydrogens is 292 g/mol. The lowest BCUT2D eigenvalue weighted by Gasteiger charge is -2.18. The molecule has 0 aliphatic carbocycles. The second-order valence-corrected chi connectivity index (χ2v) is 5.82. The average Bonchev–Trinajstić information content (AvgIpc) is 3.00. The summed E-state index contributed by atoms with van der Waals surface area (Å²) in [4.78, 5) is 22.8. The van der Waals surface area contributed by atoms with Crippen molar-refractivity contribution in [3.8, 4) is 5.75 Å². The highest BCUT2D eigenvalue weighted by Gasteiger charge is 2.19. The van der Waals surface area contributed by atoms with Gasteiger partial charge in [0.15, 0.2) is 0 Å². The van der Waals surface area contributed by atoms with Crippen molar-refractivity contribution in [3.05, 3.63) is 41.6 Å². The van der Waals surface area contributed by atoms with E-state index in [1.807, 2.05) is 26.0 Å². The van der Waals surface area contributed by atoms with Crippen molar-refractivity contribution in [3.63, 3.8) is 0 Å². The van der Waals surface area contributed by atoms with Gasteiger partial charge in [0.25, 0.3) is 5.91 Å². The molecule has 0 bridgehead atoms. The summed E-state index contributed by atoms with van der Waals surface area (Å²) in [6, 6.07) is 7.49. The molecule has 1 aromatic carbocycles. The molecule has 0 fully saturated rings. The van der Waals surface area contributed by atoms with Gasteiger partial charge in [-0.15, -0.1) is 0 Å². The van der Waals surface area contributed by atoms with Gasteiger partial charge in [-0.2, -0.15) is 4.98 Å². The van der Waals surface area contributed by atoms with Gasteiger partial charge in [0, 0.05) is 31.3 Å². The summed E-state index contributed by atoms with van der Waals surface area (Å²) in [7, 11) is 1.72. The van der Waals surface area contributed by atoms with Gasteiger partial charge in [0.05, 0.1) is 6.61 Å². The Morgan fingerprint density at radius 2 is 2.17 bits per heavy atom. The summed E-state index contributed by atoms with van der Waals surface area (Å²) in [5.41, 5.74) is 1.71. The Balaban J connectivity index is 1.82. The summed E-state index contributed by atoms with van der Waals surface area (Å²) in [5, 5.41) is 3.14. The maximum absolute atomic E-state index is 12.7. The lowest BCUT2D eigenvalue weighted by molar-refractivity contribution is 0.0992. The van der Waals surface area contributed by atoms with Gasteiger partial charge in [0.2, 0.25) is 5.95 Å². The van der Waals surface area contributed by atoms with Crippen LogP contribution in [0, 0.1) is 0 Å². The van der Waals surface area contributed by atoms with E-state index in [9.17, 15) is 4.79 Å². The minimum absolute atomic E-state index is 0.103. The van der Waals surface area contributed by atoms with Gasteiger partial charge >= 0.3 is 0 Å². The summed E-state index contributed by atoms with van der Waals surface area (Å²) < 4.78 is 5.48. The van der Waals surface area contributed by atoms with Crippen LogP contribution in [-0.2, 0) is 6.42 Å². The van der Waals surface area contributed by atoms with Crippen LogP contribution in [0.15, 0.2) is 30.5 Å². The highest BCUT2D eigenvalue weighted by Crippen LogP contribution is 2.26. The first-order valence-corrected chi connectivity index (χ1v) is 7.68. The van der Waals surface area contributed by atoms with Crippen LogP contribution in [0.3, 0.4) is 0 Å². The van der Waals surface area contributed by atoms with Gasteiger partial charge in [-0.1, -0.05) is 0 Å². The standard InChI is InChI=1S/C17H20N4O2/c1-11(2)19-17-18-8-6-15(20-17)21(3)16(22)13-4-5-14-12(10-13)7-9-23-14/h4-6,8,10-11H,7,9H2,1-3H3,(H,18,19,20). The van der Waals surface area contributed by atoms with E-state index in [-0.39, 0.29) is 11.9 Å². The Kier molecular flexibility index (Phi) is 4.14. The van der Waals surface area contributed by atoms with Crippen LogP contribution in [0.2, 0.25) is 0 Å². The van der Waals surface area contributed by atoms with Gasteiger partial charge in [-0.25, -0.2) is 4.98 Å². The van der Waals surface area contributed by atoms with E-state index in [1.54, 1.807) is 25.4 Å². The number of hydrogen-bond donors (Lipinski definition) is 1. The highest BCUT2D eigenvalue weighted by atomic mass is 16.5. The number of benzene rings is 1. The molecule has 0 radical (unpaired) electrons. The molecule has 23 heavy (non-hydrogen) atoms. The number of anilines is 2. The Hall–Kier alpha value is -2.63. The van der Waals surface area contributed by atoms with Crippen LogP contribution in [-0.4, -0.2) is 35.6 Å². The maximum atomic E-state index is 12.7. The number of ether oxygens (including phenoxy) is 1. The zero-order valence-electron chi connectivity index (χ0n) is 13.5. The monoisotopic (exact) mass is 312 g/mol. The van der Waals surface area contributed by atoms with Crippen molar-refractivity contribution in [1.29, 1.82) is 0 Å². The number of fused-ring (bicyclic) bond motifs is 1. The molecule has 1 aliphatic heterocycles. The molecule has 0 saturated heterocycles. The Morgan fingerprint density at radius 3 is 2.96 bits per heavy atom. The SMILES string of the molecule is CC(C)Nc1nccc(N(C)C(=O)c2ccc3c(c2)CCO3)n1. The second kappa shape index (κ2) is 6.24. The number of aromatic nitrogens is 2. The van der Waals surface area contributed by atoms with Crippen molar-refractivity contribution in [1.82, 2.24) is 9.97 Å². The minimum Gasteiger partial charge on any atom is -0.493 e. The number of nitrogens with zero attached hydrogens (tertiary/aromatic N) is 3. The third-order valence-corrected chi connectivity index (χ3v) is 3.64. The molecule has 0 atom stereocenters. The topological polar surface area (TPSA) is 67.4 Å². The van der Waals surface area contributed by atoms with Crippen molar-refractivity contribution in [2.24, 2.45) is 0 Å². The number of carbonyl (C=O) groups is 1. The highest BCUT2D eigenvalue weighted by molar-refractivity contribution is 6.05. The quantitative estimate of drug-likeness (QED) is 0.939. The average molecular weight is 312 g/mol. The Morgan fingerprint density at radius 1 is 1.35 bits per heavy atom. The molecule has 0 spiro atoms. The van der Waals surface area contributed by atoms with Gasteiger partial charge in [-0.3, -0.25) is 9.69 Å². The van der Waals surface area contributed by atoms with Gasteiger partial charge in [0.1, 0.15) is 11.6 Å². The van der Waals surface area contributed by atoms with Crippen LogP contribution in [0.5, 0.6) is 5.75 Å². The number of rotatable bonds is 4. The zero-order chi connectivity index (χ0) is 16.4. The predicted molar refractivity (Wildman–Crippen MR) is 89.2 cm³/mol. The fourth-order valence-corrected chi connectivity index (χ4v) is 2.48. The fourth-order valence-electron chi connectivity index (χ4n) is 2.48. The Labute approximate surface area is 135 Å².